The molecule has 0 unspecified atom stereocenters. The van der Waals surface area contributed by atoms with E-state index in [1.165, 1.54) is 57.1 Å². The number of rotatable bonds is 3. The van der Waals surface area contributed by atoms with Crippen LogP contribution >= 0.6 is 0 Å². The largest absolute Gasteiger partial charge is 0.246 e. The highest BCUT2D eigenvalue weighted by Gasteiger charge is 2.30. The van der Waals surface area contributed by atoms with Gasteiger partial charge in [0.05, 0.1) is 24.2 Å². The zero-order chi connectivity index (χ0) is 12.4. The van der Waals surface area contributed by atoms with Crippen LogP contribution in [0.1, 0.15) is 74.7 Å². The second-order valence-electron chi connectivity index (χ2n) is 5.62. The molecule has 0 bridgehead atoms. The average molecular weight is 244 g/mol. The lowest BCUT2D eigenvalue weighted by atomic mass is 9.81. The Hall–Kier alpha value is -1.37. The lowest BCUT2D eigenvalue weighted by Crippen LogP contribution is -2.21. The lowest BCUT2D eigenvalue weighted by molar-refractivity contribution is 0.296. The summed E-state index contributed by atoms with van der Waals surface area (Å²) in [5.74, 6) is 0.616. The van der Waals surface area contributed by atoms with Crippen molar-refractivity contribution in [2.24, 2.45) is 0 Å². The highest BCUT2D eigenvalue weighted by Crippen LogP contribution is 2.40. The van der Waals surface area contributed by atoms with Gasteiger partial charge >= 0.3 is 0 Å². The van der Waals surface area contributed by atoms with Crippen LogP contribution < -0.4 is 0 Å². The number of nitriles is 1. The SMILES string of the molecule is N#CCc1nnn(C2CCCCC2)c1C1CCC1. The summed E-state index contributed by atoms with van der Waals surface area (Å²) in [6.45, 7) is 0. The van der Waals surface area contributed by atoms with E-state index in [0.717, 1.165) is 5.69 Å². The molecular weight excluding hydrogens is 224 g/mol. The molecule has 2 fully saturated rings. The van der Waals surface area contributed by atoms with Crippen LogP contribution in [-0.2, 0) is 6.42 Å². The summed E-state index contributed by atoms with van der Waals surface area (Å²) in [6.07, 6.45) is 10.7. The standard InChI is InChI=1S/C14H20N4/c15-10-9-13-14(11-5-4-6-11)18(17-16-13)12-7-2-1-3-8-12/h11-12H,1-9H2. The number of hydrogen-bond donors (Lipinski definition) is 0. The molecule has 1 heterocycles. The molecule has 18 heavy (non-hydrogen) atoms. The Morgan fingerprint density at radius 2 is 1.89 bits per heavy atom. The fourth-order valence-corrected chi connectivity index (χ4v) is 3.23. The lowest BCUT2D eigenvalue weighted by Gasteiger charge is -2.30. The molecule has 0 aromatic carbocycles. The van der Waals surface area contributed by atoms with E-state index in [1.807, 2.05) is 0 Å². The topological polar surface area (TPSA) is 54.5 Å². The number of aromatic nitrogens is 3. The summed E-state index contributed by atoms with van der Waals surface area (Å²) < 4.78 is 2.18. The summed E-state index contributed by atoms with van der Waals surface area (Å²) in [5, 5.41) is 17.6. The first kappa shape index (κ1) is 11.7. The molecule has 1 aromatic rings. The molecule has 3 rings (SSSR count). The van der Waals surface area contributed by atoms with Crippen molar-refractivity contribution in [2.75, 3.05) is 0 Å². The van der Waals surface area contributed by atoms with Gasteiger partial charge in [-0.15, -0.1) is 5.10 Å². The number of hydrogen-bond acceptors (Lipinski definition) is 3. The Kier molecular flexibility index (Phi) is 3.31. The third-order valence-electron chi connectivity index (χ3n) is 4.46. The second-order valence-corrected chi connectivity index (χ2v) is 5.62. The minimum Gasteiger partial charge on any atom is -0.246 e. The van der Waals surface area contributed by atoms with Crippen LogP contribution in [0.4, 0.5) is 0 Å². The van der Waals surface area contributed by atoms with E-state index in [9.17, 15) is 0 Å². The highest BCUT2D eigenvalue weighted by molar-refractivity contribution is 5.21. The zero-order valence-corrected chi connectivity index (χ0v) is 10.8. The summed E-state index contributed by atoms with van der Waals surface area (Å²) in [4.78, 5) is 0. The minimum atomic E-state index is 0.415. The van der Waals surface area contributed by atoms with Gasteiger partial charge in [-0.1, -0.05) is 30.9 Å². The van der Waals surface area contributed by atoms with Crippen LogP contribution in [0.15, 0.2) is 0 Å². The maximum Gasteiger partial charge on any atom is 0.100 e. The van der Waals surface area contributed by atoms with Crippen molar-refractivity contribution < 1.29 is 0 Å². The first-order valence-corrected chi connectivity index (χ1v) is 7.21. The maximum atomic E-state index is 8.91. The van der Waals surface area contributed by atoms with Gasteiger partial charge in [-0.05, 0) is 25.7 Å². The van der Waals surface area contributed by atoms with Crippen LogP contribution in [0.5, 0.6) is 0 Å². The van der Waals surface area contributed by atoms with Crippen LogP contribution in [0.25, 0.3) is 0 Å². The van der Waals surface area contributed by atoms with Crippen molar-refractivity contribution >= 4 is 0 Å². The molecule has 4 heteroatoms. The van der Waals surface area contributed by atoms with E-state index in [-0.39, 0.29) is 0 Å². The van der Waals surface area contributed by atoms with E-state index < -0.39 is 0 Å². The van der Waals surface area contributed by atoms with Gasteiger partial charge in [0.25, 0.3) is 0 Å². The van der Waals surface area contributed by atoms with Crippen molar-refractivity contribution in [3.63, 3.8) is 0 Å². The first-order chi connectivity index (χ1) is 8.90. The molecule has 0 radical (unpaired) electrons. The zero-order valence-electron chi connectivity index (χ0n) is 10.8. The van der Waals surface area contributed by atoms with Gasteiger partial charge in [0, 0.05) is 5.92 Å². The van der Waals surface area contributed by atoms with E-state index in [4.69, 9.17) is 5.26 Å². The van der Waals surface area contributed by atoms with E-state index in [1.54, 1.807) is 0 Å². The summed E-state index contributed by atoms with van der Waals surface area (Å²) in [7, 11) is 0. The molecule has 2 saturated carbocycles. The molecule has 96 valence electrons. The van der Waals surface area contributed by atoms with Crippen LogP contribution in [0, 0.1) is 11.3 Å². The Labute approximate surface area is 108 Å². The minimum absolute atomic E-state index is 0.415. The third kappa shape index (κ3) is 2.03. The van der Waals surface area contributed by atoms with Crippen molar-refractivity contribution in [2.45, 2.75) is 69.7 Å². The van der Waals surface area contributed by atoms with Crippen molar-refractivity contribution in [3.8, 4) is 6.07 Å². The van der Waals surface area contributed by atoms with Crippen LogP contribution in [0.2, 0.25) is 0 Å². The van der Waals surface area contributed by atoms with Crippen molar-refractivity contribution in [3.05, 3.63) is 11.4 Å². The average Bonchev–Trinajstić information content (AvgIpc) is 2.73. The number of nitrogens with zero attached hydrogens (tertiary/aromatic N) is 4. The Bertz CT molecular complexity index is 447. The van der Waals surface area contributed by atoms with Crippen LogP contribution in [0.3, 0.4) is 0 Å². The maximum absolute atomic E-state index is 8.91. The van der Waals surface area contributed by atoms with Gasteiger partial charge < -0.3 is 0 Å². The first-order valence-electron chi connectivity index (χ1n) is 7.21. The van der Waals surface area contributed by atoms with Gasteiger partial charge in [-0.25, -0.2) is 4.68 Å². The Morgan fingerprint density at radius 3 is 2.50 bits per heavy atom. The molecule has 0 N–H and O–H groups in total. The predicted molar refractivity (Wildman–Crippen MR) is 68.1 cm³/mol. The fourth-order valence-electron chi connectivity index (χ4n) is 3.23. The molecule has 0 amide bonds. The van der Waals surface area contributed by atoms with E-state index in [0.29, 0.717) is 18.4 Å². The van der Waals surface area contributed by atoms with Crippen molar-refractivity contribution in [1.82, 2.24) is 15.0 Å². The fraction of sp³-hybridized carbons (Fsp3) is 0.786. The van der Waals surface area contributed by atoms with Gasteiger partial charge in [0.15, 0.2) is 0 Å². The predicted octanol–water partition coefficient (Wildman–Crippen LogP) is 3.12. The smallest absolute Gasteiger partial charge is 0.100 e. The third-order valence-corrected chi connectivity index (χ3v) is 4.46. The normalized spacial score (nSPS) is 21.5. The molecule has 2 aliphatic carbocycles. The molecule has 0 atom stereocenters. The molecule has 0 aliphatic heterocycles. The second kappa shape index (κ2) is 5.09. The monoisotopic (exact) mass is 244 g/mol. The molecule has 2 aliphatic rings. The van der Waals surface area contributed by atoms with Crippen molar-refractivity contribution in [1.29, 1.82) is 5.26 Å². The van der Waals surface area contributed by atoms with E-state index in [2.05, 4.69) is 21.1 Å². The molecule has 0 spiro atoms. The van der Waals surface area contributed by atoms with Gasteiger partial charge in [0.2, 0.25) is 0 Å². The molecular formula is C14H20N4. The van der Waals surface area contributed by atoms with Gasteiger partial charge in [0.1, 0.15) is 5.69 Å². The Balaban J connectivity index is 1.90. The quantitative estimate of drug-likeness (QED) is 0.820. The molecule has 0 saturated heterocycles. The van der Waals surface area contributed by atoms with Gasteiger partial charge in [-0.2, -0.15) is 5.26 Å². The molecule has 1 aromatic heterocycles. The highest BCUT2D eigenvalue weighted by atomic mass is 15.4. The van der Waals surface area contributed by atoms with E-state index >= 15 is 0 Å². The summed E-state index contributed by atoms with van der Waals surface area (Å²) in [5.41, 5.74) is 2.22. The van der Waals surface area contributed by atoms with Crippen LogP contribution in [-0.4, -0.2) is 15.0 Å². The van der Waals surface area contributed by atoms with Gasteiger partial charge in [-0.3, -0.25) is 0 Å². The summed E-state index contributed by atoms with van der Waals surface area (Å²) >= 11 is 0. The summed E-state index contributed by atoms with van der Waals surface area (Å²) in [6, 6.07) is 2.76. The molecule has 4 nitrogen and oxygen atoms in total. The Morgan fingerprint density at radius 1 is 1.11 bits per heavy atom.